The van der Waals surface area contributed by atoms with Crippen LogP contribution in [0.4, 0.5) is 0 Å². The Morgan fingerprint density at radius 3 is 2.62 bits per heavy atom. The van der Waals surface area contributed by atoms with E-state index in [2.05, 4.69) is 57.4 Å². The van der Waals surface area contributed by atoms with Gasteiger partial charge < -0.3 is 5.32 Å². The number of rotatable bonds is 3. The Morgan fingerprint density at radius 2 is 2.00 bits per heavy atom. The van der Waals surface area contributed by atoms with E-state index in [0.717, 1.165) is 16.2 Å². The predicted molar refractivity (Wildman–Crippen MR) is 72.8 cm³/mol. The third-order valence-corrected chi connectivity index (χ3v) is 4.31. The molecule has 1 N–H and O–H groups in total. The molecule has 16 heavy (non-hydrogen) atoms. The number of halogens is 1. The molecule has 0 unspecified atom stereocenters. The van der Waals surface area contributed by atoms with Gasteiger partial charge in [-0.25, -0.2) is 4.98 Å². The third-order valence-electron chi connectivity index (χ3n) is 2.29. The normalized spacial score (nSPS) is 10.7. The molecule has 0 saturated carbocycles. The van der Waals surface area contributed by atoms with Crippen molar-refractivity contribution in [3.05, 3.63) is 39.3 Å². The van der Waals surface area contributed by atoms with Crippen molar-refractivity contribution in [1.29, 1.82) is 0 Å². The molecule has 4 heteroatoms. The lowest BCUT2D eigenvalue weighted by Gasteiger charge is -1.96. The van der Waals surface area contributed by atoms with Gasteiger partial charge in [-0.05, 0) is 29.9 Å². The Kier molecular flexibility index (Phi) is 3.74. The predicted octanol–water partition coefficient (Wildman–Crippen LogP) is 3.60. The molecule has 0 aliphatic heterocycles. The van der Waals surface area contributed by atoms with Gasteiger partial charge in [-0.15, -0.1) is 11.3 Å². The molecule has 0 saturated heterocycles. The zero-order valence-electron chi connectivity index (χ0n) is 9.25. The maximum Gasteiger partial charge on any atom is 0.124 e. The molecule has 0 amide bonds. The molecule has 0 aliphatic rings. The fourth-order valence-electron chi connectivity index (χ4n) is 1.42. The van der Waals surface area contributed by atoms with Crippen molar-refractivity contribution in [2.24, 2.45) is 0 Å². The zero-order chi connectivity index (χ0) is 11.5. The van der Waals surface area contributed by atoms with Crippen molar-refractivity contribution in [2.45, 2.75) is 13.5 Å². The summed E-state index contributed by atoms with van der Waals surface area (Å²) in [5, 5.41) is 4.21. The van der Waals surface area contributed by atoms with Crippen molar-refractivity contribution >= 4 is 27.3 Å². The van der Waals surface area contributed by atoms with Crippen LogP contribution in [0.15, 0.2) is 28.9 Å². The quantitative estimate of drug-likeness (QED) is 0.936. The highest BCUT2D eigenvalue weighted by atomic mass is 79.9. The van der Waals surface area contributed by atoms with E-state index < -0.39 is 0 Å². The van der Waals surface area contributed by atoms with Gasteiger partial charge in [0.25, 0.3) is 0 Å². The molecule has 1 heterocycles. The van der Waals surface area contributed by atoms with E-state index in [4.69, 9.17) is 0 Å². The fourth-order valence-corrected chi connectivity index (χ4v) is 3.07. The van der Waals surface area contributed by atoms with Gasteiger partial charge in [-0.3, -0.25) is 0 Å². The molecule has 0 bridgehead atoms. The highest BCUT2D eigenvalue weighted by Gasteiger charge is 2.09. The van der Waals surface area contributed by atoms with E-state index in [1.165, 1.54) is 16.0 Å². The van der Waals surface area contributed by atoms with Crippen LogP contribution in [0.2, 0.25) is 0 Å². The smallest absolute Gasteiger partial charge is 0.124 e. The molecule has 1 aromatic heterocycles. The van der Waals surface area contributed by atoms with E-state index in [0.29, 0.717) is 0 Å². The second-order valence-corrected chi connectivity index (χ2v) is 5.46. The molecule has 0 radical (unpaired) electrons. The summed E-state index contributed by atoms with van der Waals surface area (Å²) in [5.74, 6) is 0. The first-order valence-electron chi connectivity index (χ1n) is 5.07. The van der Waals surface area contributed by atoms with Crippen molar-refractivity contribution in [2.75, 3.05) is 7.05 Å². The van der Waals surface area contributed by atoms with Gasteiger partial charge >= 0.3 is 0 Å². The van der Waals surface area contributed by atoms with Gasteiger partial charge in [0.15, 0.2) is 0 Å². The summed E-state index contributed by atoms with van der Waals surface area (Å²) in [5.41, 5.74) is 2.45. The number of benzene rings is 1. The Labute approximate surface area is 108 Å². The third kappa shape index (κ3) is 2.51. The van der Waals surface area contributed by atoms with Gasteiger partial charge in [0.1, 0.15) is 9.61 Å². The largest absolute Gasteiger partial charge is 0.315 e. The van der Waals surface area contributed by atoms with E-state index in [1.807, 2.05) is 7.05 Å². The molecule has 0 spiro atoms. The zero-order valence-corrected chi connectivity index (χ0v) is 11.7. The topological polar surface area (TPSA) is 24.9 Å². The summed E-state index contributed by atoms with van der Waals surface area (Å²) in [4.78, 5) is 5.76. The number of aryl methyl sites for hydroxylation is 1. The summed E-state index contributed by atoms with van der Waals surface area (Å²) in [6, 6.07) is 8.46. The van der Waals surface area contributed by atoms with E-state index in [9.17, 15) is 0 Å². The summed E-state index contributed by atoms with van der Waals surface area (Å²) < 4.78 is 0.947. The number of thiazole rings is 1. The highest BCUT2D eigenvalue weighted by molar-refractivity contribution is 9.10. The van der Waals surface area contributed by atoms with E-state index in [-0.39, 0.29) is 0 Å². The Balaban J connectivity index is 2.33. The van der Waals surface area contributed by atoms with Crippen molar-refractivity contribution in [3.8, 4) is 10.6 Å². The Morgan fingerprint density at radius 1 is 1.31 bits per heavy atom. The second kappa shape index (κ2) is 5.08. The molecular formula is C12H13BrN2S. The average molecular weight is 297 g/mol. The van der Waals surface area contributed by atoms with Crippen LogP contribution in [-0.4, -0.2) is 12.0 Å². The summed E-state index contributed by atoms with van der Waals surface area (Å²) >= 11 is 5.21. The Bertz CT molecular complexity index is 476. The number of nitrogens with one attached hydrogen (secondary N) is 1. The standard InChI is InChI=1S/C12H13BrN2S/c1-8-3-5-9(6-4-8)12-15-11(13)10(16-12)7-14-2/h3-6,14H,7H2,1-2H3. The van der Waals surface area contributed by atoms with Crippen molar-refractivity contribution in [3.63, 3.8) is 0 Å². The maximum atomic E-state index is 4.52. The summed E-state index contributed by atoms with van der Waals surface area (Å²) in [6.07, 6.45) is 0. The van der Waals surface area contributed by atoms with E-state index in [1.54, 1.807) is 11.3 Å². The lowest BCUT2D eigenvalue weighted by molar-refractivity contribution is 0.825. The summed E-state index contributed by atoms with van der Waals surface area (Å²) in [7, 11) is 1.94. The average Bonchev–Trinajstić information content (AvgIpc) is 2.62. The monoisotopic (exact) mass is 296 g/mol. The van der Waals surface area contributed by atoms with Gasteiger partial charge in [0.2, 0.25) is 0 Å². The second-order valence-electron chi connectivity index (χ2n) is 3.63. The number of hydrogen-bond acceptors (Lipinski definition) is 3. The molecule has 0 atom stereocenters. The number of nitrogens with zero attached hydrogens (tertiary/aromatic N) is 1. The molecule has 0 fully saturated rings. The summed E-state index contributed by atoms with van der Waals surface area (Å²) in [6.45, 7) is 2.94. The Hall–Kier alpha value is -0.710. The number of aromatic nitrogens is 1. The van der Waals surface area contributed by atoms with Crippen molar-refractivity contribution < 1.29 is 0 Å². The number of hydrogen-bond donors (Lipinski definition) is 1. The lowest BCUT2D eigenvalue weighted by atomic mass is 10.2. The van der Waals surface area contributed by atoms with Crippen LogP contribution in [0.5, 0.6) is 0 Å². The van der Waals surface area contributed by atoms with Crippen LogP contribution < -0.4 is 5.32 Å². The van der Waals surface area contributed by atoms with Crippen LogP contribution >= 0.6 is 27.3 Å². The van der Waals surface area contributed by atoms with Crippen molar-refractivity contribution in [1.82, 2.24) is 10.3 Å². The minimum Gasteiger partial charge on any atom is -0.315 e. The van der Waals surface area contributed by atoms with E-state index >= 15 is 0 Å². The molecule has 1 aromatic carbocycles. The maximum absolute atomic E-state index is 4.52. The minimum absolute atomic E-state index is 0.851. The first kappa shape index (κ1) is 11.8. The molecule has 2 aromatic rings. The minimum atomic E-state index is 0.851. The molecule has 2 rings (SSSR count). The van der Waals surface area contributed by atoms with Crippen LogP contribution in [0.3, 0.4) is 0 Å². The van der Waals surface area contributed by atoms with Gasteiger partial charge in [0.05, 0.1) is 4.88 Å². The fraction of sp³-hybridized carbons (Fsp3) is 0.250. The molecule has 84 valence electrons. The van der Waals surface area contributed by atoms with Gasteiger partial charge in [-0.2, -0.15) is 0 Å². The lowest BCUT2D eigenvalue weighted by Crippen LogP contribution is -2.03. The first-order valence-corrected chi connectivity index (χ1v) is 6.68. The highest BCUT2D eigenvalue weighted by Crippen LogP contribution is 2.31. The van der Waals surface area contributed by atoms with Crippen LogP contribution in [0, 0.1) is 6.92 Å². The van der Waals surface area contributed by atoms with Gasteiger partial charge in [-0.1, -0.05) is 29.8 Å². The van der Waals surface area contributed by atoms with Crippen LogP contribution in [-0.2, 0) is 6.54 Å². The SMILES string of the molecule is CNCc1sc(-c2ccc(C)cc2)nc1Br. The first-order chi connectivity index (χ1) is 7.70. The molecule has 0 aliphatic carbocycles. The molecule has 2 nitrogen and oxygen atoms in total. The van der Waals surface area contributed by atoms with Crippen LogP contribution in [0.1, 0.15) is 10.4 Å². The molecular weight excluding hydrogens is 284 g/mol. The van der Waals surface area contributed by atoms with Gasteiger partial charge in [0, 0.05) is 12.1 Å². The van der Waals surface area contributed by atoms with Crippen LogP contribution in [0.25, 0.3) is 10.6 Å².